The summed E-state index contributed by atoms with van der Waals surface area (Å²) in [7, 11) is 0. The SMILES string of the molecule is CC1(CO)OC(C)(n2c(N3CCOCC3)nc3c(=O)[nH]cnc32)C(O)C1O. The number of H-pyrrole nitrogens is 1. The molecule has 27 heavy (non-hydrogen) atoms. The Hall–Kier alpha value is -2.05. The van der Waals surface area contributed by atoms with Crippen LogP contribution in [0.25, 0.3) is 11.2 Å². The molecule has 2 aromatic heterocycles. The standard InChI is InChI=1S/C16H23N5O6/c1-15(7-22)10(23)11(24)16(2,27-15)21-12-9(13(25)18-8-17-12)19-14(21)20-3-5-26-6-4-20/h8,10-11,22-24H,3-7H2,1-2H3,(H,17,18,25). The number of imidazole rings is 1. The number of aromatic amines is 1. The van der Waals surface area contributed by atoms with Crippen LogP contribution >= 0.6 is 0 Å². The minimum Gasteiger partial charge on any atom is -0.393 e. The maximum Gasteiger partial charge on any atom is 0.278 e. The van der Waals surface area contributed by atoms with E-state index >= 15 is 0 Å². The second kappa shape index (κ2) is 6.24. The van der Waals surface area contributed by atoms with E-state index in [9.17, 15) is 20.1 Å². The number of hydrogen-bond donors (Lipinski definition) is 4. The van der Waals surface area contributed by atoms with Crippen LogP contribution in [0.15, 0.2) is 11.1 Å². The van der Waals surface area contributed by atoms with Gasteiger partial charge in [0.25, 0.3) is 5.56 Å². The molecule has 0 saturated carbocycles. The third kappa shape index (κ3) is 2.57. The van der Waals surface area contributed by atoms with Gasteiger partial charge in [0.05, 0.1) is 26.1 Å². The Labute approximate surface area is 154 Å². The molecule has 4 atom stereocenters. The van der Waals surface area contributed by atoms with Gasteiger partial charge in [-0.2, -0.15) is 0 Å². The number of aliphatic hydroxyl groups is 3. The highest BCUT2D eigenvalue weighted by atomic mass is 16.6. The van der Waals surface area contributed by atoms with Gasteiger partial charge in [-0.25, -0.2) is 9.97 Å². The highest BCUT2D eigenvalue weighted by Gasteiger charge is 2.60. The fourth-order valence-corrected chi connectivity index (χ4v) is 3.80. The molecule has 11 nitrogen and oxygen atoms in total. The van der Waals surface area contributed by atoms with Gasteiger partial charge in [-0.1, -0.05) is 0 Å². The molecule has 0 aliphatic carbocycles. The number of ether oxygens (including phenoxy) is 2. The fourth-order valence-electron chi connectivity index (χ4n) is 3.80. The Morgan fingerprint density at radius 1 is 1.30 bits per heavy atom. The van der Waals surface area contributed by atoms with Crippen molar-refractivity contribution in [3.8, 4) is 0 Å². The maximum atomic E-state index is 12.3. The molecule has 0 aromatic carbocycles. The second-order valence-electron chi connectivity index (χ2n) is 7.27. The summed E-state index contributed by atoms with van der Waals surface area (Å²) in [5.74, 6) is 0.383. The molecule has 2 aliphatic rings. The Bertz CT molecular complexity index is 908. The molecule has 0 amide bonds. The van der Waals surface area contributed by atoms with Crippen LogP contribution in [0.1, 0.15) is 13.8 Å². The third-order valence-electron chi connectivity index (χ3n) is 5.40. The van der Waals surface area contributed by atoms with Crippen LogP contribution in [0.4, 0.5) is 5.95 Å². The minimum atomic E-state index is -1.50. The lowest BCUT2D eigenvalue weighted by Crippen LogP contribution is -2.46. The maximum absolute atomic E-state index is 12.3. The first-order valence-electron chi connectivity index (χ1n) is 8.78. The number of anilines is 1. The summed E-state index contributed by atoms with van der Waals surface area (Å²) in [5, 5.41) is 31.0. The molecule has 11 heteroatoms. The predicted molar refractivity (Wildman–Crippen MR) is 93.4 cm³/mol. The number of morpholine rings is 1. The van der Waals surface area contributed by atoms with Gasteiger partial charge < -0.3 is 34.7 Å². The van der Waals surface area contributed by atoms with E-state index in [0.29, 0.717) is 32.3 Å². The van der Waals surface area contributed by atoms with Gasteiger partial charge >= 0.3 is 0 Å². The van der Waals surface area contributed by atoms with Crippen LogP contribution in [0.5, 0.6) is 0 Å². The van der Waals surface area contributed by atoms with Crippen LogP contribution in [-0.2, 0) is 15.2 Å². The Morgan fingerprint density at radius 2 is 2.00 bits per heavy atom. The fraction of sp³-hybridized carbons (Fsp3) is 0.688. The Balaban J connectivity index is 1.95. The topological polar surface area (TPSA) is 146 Å². The van der Waals surface area contributed by atoms with E-state index in [4.69, 9.17) is 9.47 Å². The molecule has 2 saturated heterocycles. The average Bonchev–Trinajstić information content (AvgIpc) is 3.15. The number of rotatable bonds is 3. The lowest BCUT2D eigenvalue weighted by atomic mass is 9.96. The van der Waals surface area contributed by atoms with Crippen molar-refractivity contribution in [3.63, 3.8) is 0 Å². The summed E-state index contributed by atoms with van der Waals surface area (Å²) in [5.41, 5.74) is -2.98. The Kier molecular flexibility index (Phi) is 4.24. The molecule has 4 unspecified atom stereocenters. The number of nitrogens with one attached hydrogen (secondary N) is 1. The molecule has 2 aliphatic heterocycles. The van der Waals surface area contributed by atoms with Gasteiger partial charge in [0.1, 0.15) is 17.8 Å². The van der Waals surface area contributed by atoms with Gasteiger partial charge in [-0.15, -0.1) is 0 Å². The third-order valence-corrected chi connectivity index (χ3v) is 5.40. The number of fused-ring (bicyclic) bond motifs is 1. The first-order valence-corrected chi connectivity index (χ1v) is 8.78. The first kappa shape index (κ1) is 18.3. The molecule has 2 fully saturated rings. The molecule has 4 rings (SSSR count). The smallest absolute Gasteiger partial charge is 0.278 e. The summed E-state index contributed by atoms with van der Waals surface area (Å²) < 4.78 is 12.9. The Morgan fingerprint density at radius 3 is 2.63 bits per heavy atom. The lowest BCUT2D eigenvalue weighted by Gasteiger charge is -2.36. The molecule has 4 N–H and O–H groups in total. The number of aliphatic hydroxyl groups excluding tert-OH is 3. The van der Waals surface area contributed by atoms with E-state index in [1.807, 2.05) is 4.90 Å². The highest BCUT2D eigenvalue weighted by Crippen LogP contribution is 2.44. The van der Waals surface area contributed by atoms with E-state index in [-0.39, 0.29) is 11.2 Å². The van der Waals surface area contributed by atoms with Gasteiger partial charge in [0.2, 0.25) is 5.95 Å². The molecule has 0 bridgehead atoms. The van der Waals surface area contributed by atoms with Crippen LogP contribution in [0.2, 0.25) is 0 Å². The summed E-state index contributed by atoms with van der Waals surface area (Å²) >= 11 is 0. The van der Waals surface area contributed by atoms with Crippen molar-refractivity contribution in [2.45, 2.75) is 37.4 Å². The van der Waals surface area contributed by atoms with Gasteiger partial charge in [0.15, 0.2) is 16.9 Å². The van der Waals surface area contributed by atoms with Crippen molar-refractivity contribution >= 4 is 17.1 Å². The van der Waals surface area contributed by atoms with Crippen LogP contribution in [-0.4, -0.2) is 85.6 Å². The van der Waals surface area contributed by atoms with Gasteiger partial charge in [0, 0.05) is 13.1 Å². The molecule has 0 radical (unpaired) electrons. The van der Waals surface area contributed by atoms with Gasteiger partial charge in [-0.3, -0.25) is 9.36 Å². The molecule has 148 valence electrons. The quantitative estimate of drug-likeness (QED) is 0.480. The van der Waals surface area contributed by atoms with E-state index in [1.165, 1.54) is 17.8 Å². The van der Waals surface area contributed by atoms with E-state index in [0.717, 1.165) is 0 Å². The normalized spacial score (nSPS) is 34.5. The summed E-state index contributed by atoms with van der Waals surface area (Å²) in [6.45, 7) is 4.65. The second-order valence-corrected chi connectivity index (χ2v) is 7.27. The van der Waals surface area contributed by atoms with Crippen molar-refractivity contribution in [2.24, 2.45) is 0 Å². The molecule has 0 spiro atoms. The summed E-state index contributed by atoms with van der Waals surface area (Å²) in [6, 6.07) is 0. The van der Waals surface area contributed by atoms with Crippen molar-refractivity contribution in [1.82, 2.24) is 19.5 Å². The predicted octanol–water partition coefficient (Wildman–Crippen LogP) is -1.87. The molecule has 4 heterocycles. The van der Waals surface area contributed by atoms with Crippen molar-refractivity contribution in [1.29, 1.82) is 0 Å². The zero-order valence-corrected chi connectivity index (χ0v) is 15.1. The summed E-state index contributed by atoms with van der Waals surface area (Å²) in [6.07, 6.45) is -1.48. The number of hydrogen-bond acceptors (Lipinski definition) is 9. The van der Waals surface area contributed by atoms with Crippen LogP contribution in [0.3, 0.4) is 0 Å². The van der Waals surface area contributed by atoms with Crippen molar-refractivity contribution in [3.05, 3.63) is 16.7 Å². The van der Waals surface area contributed by atoms with E-state index < -0.39 is 35.7 Å². The monoisotopic (exact) mass is 381 g/mol. The molecular weight excluding hydrogens is 358 g/mol. The largest absolute Gasteiger partial charge is 0.393 e. The van der Waals surface area contributed by atoms with Crippen LogP contribution < -0.4 is 10.5 Å². The minimum absolute atomic E-state index is 0.100. The van der Waals surface area contributed by atoms with E-state index in [1.54, 1.807) is 6.92 Å². The summed E-state index contributed by atoms with van der Waals surface area (Å²) in [4.78, 5) is 25.4. The van der Waals surface area contributed by atoms with Gasteiger partial charge in [-0.05, 0) is 13.8 Å². The van der Waals surface area contributed by atoms with Crippen molar-refractivity contribution < 1.29 is 24.8 Å². The van der Waals surface area contributed by atoms with Crippen LogP contribution in [0, 0.1) is 0 Å². The average molecular weight is 381 g/mol. The zero-order chi connectivity index (χ0) is 19.4. The van der Waals surface area contributed by atoms with Crippen molar-refractivity contribution in [2.75, 3.05) is 37.8 Å². The lowest BCUT2D eigenvalue weighted by molar-refractivity contribution is -0.170. The molecule has 2 aromatic rings. The van der Waals surface area contributed by atoms with E-state index in [2.05, 4.69) is 15.0 Å². The highest BCUT2D eigenvalue weighted by molar-refractivity contribution is 5.74. The molecular formula is C16H23N5O6. The zero-order valence-electron chi connectivity index (χ0n) is 15.1. The number of aromatic nitrogens is 4. The number of nitrogens with zero attached hydrogens (tertiary/aromatic N) is 4. The first-order chi connectivity index (χ1) is 12.8.